The Morgan fingerprint density at radius 1 is 1.00 bits per heavy atom. The lowest BCUT2D eigenvalue weighted by molar-refractivity contribution is -0.125. The van der Waals surface area contributed by atoms with Gasteiger partial charge in [0.2, 0.25) is 5.91 Å². The molecule has 0 aliphatic carbocycles. The van der Waals surface area contributed by atoms with Gasteiger partial charge >= 0.3 is 0 Å². The van der Waals surface area contributed by atoms with Crippen LogP contribution < -0.4 is 14.2 Å². The molecule has 7 nitrogen and oxygen atoms in total. The Hall–Kier alpha value is -4.00. The average molecular weight is 474 g/mol. The molecule has 1 aliphatic heterocycles. The number of hydrogen-bond acceptors (Lipinski definition) is 5. The lowest BCUT2D eigenvalue weighted by Crippen LogP contribution is -2.33. The van der Waals surface area contributed by atoms with Crippen molar-refractivity contribution < 1.29 is 19.0 Å². The van der Waals surface area contributed by atoms with Gasteiger partial charge in [0, 0.05) is 42.6 Å². The molecule has 4 rings (SSSR count). The van der Waals surface area contributed by atoms with E-state index >= 15 is 0 Å². The van der Waals surface area contributed by atoms with E-state index in [1.54, 1.807) is 27.4 Å². The number of nitrogens with zero attached hydrogens (tertiary/aromatic N) is 3. The molecule has 182 valence electrons. The van der Waals surface area contributed by atoms with Gasteiger partial charge < -0.3 is 19.1 Å². The molecule has 0 radical (unpaired) electrons. The number of hydrogen-bond donors (Lipinski definition) is 0. The van der Waals surface area contributed by atoms with Gasteiger partial charge in [0.25, 0.3) is 0 Å². The van der Waals surface area contributed by atoms with Crippen LogP contribution in [0.5, 0.6) is 17.2 Å². The van der Waals surface area contributed by atoms with Crippen molar-refractivity contribution in [3.05, 3.63) is 77.1 Å². The number of aryl methyl sites for hydroxylation is 1. The van der Waals surface area contributed by atoms with Gasteiger partial charge in [0.05, 0.1) is 38.3 Å². The number of carbonyl (C=O) groups excluding carboxylic acids is 1. The fourth-order valence-electron chi connectivity index (χ4n) is 4.40. The van der Waals surface area contributed by atoms with Crippen LogP contribution in [0.3, 0.4) is 0 Å². The molecule has 0 fully saturated rings. The molecular formula is C28H31N3O4. The lowest BCUT2D eigenvalue weighted by Gasteiger charge is -2.27. The van der Waals surface area contributed by atoms with Crippen molar-refractivity contribution in [1.29, 1.82) is 0 Å². The Labute approximate surface area is 206 Å². The van der Waals surface area contributed by atoms with Crippen LogP contribution >= 0.6 is 0 Å². The van der Waals surface area contributed by atoms with Gasteiger partial charge in [-0.1, -0.05) is 24.3 Å². The predicted octanol–water partition coefficient (Wildman–Crippen LogP) is 4.84. The number of ether oxygens (including phenoxy) is 3. The largest absolute Gasteiger partial charge is 0.496 e. The molecule has 0 bridgehead atoms. The number of carbonyl (C=O) groups is 1. The van der Waals surface area contributed by atoms with Crippen LogP contribution in [0.25, 0.3) is 17.3 Å². The molecule has 0 saturated heterocycles. The zero-order valence-corrected chi connectivity index (χ0v) is 20.9. The molecule has 0 saturated carbocycles. The van der Waals surface area contributed by atoms with Crippen molar-refractivity contribution in [2.75, 3.05) is 34.4 Å². The van der Waals surface area contributed by atoms with Crippen molar-refractivity contribution >= 4 is 17.6 Å². The van der Waals surface area contributed by atoms with Gasteiger partial charge in [0.1, 0.15) is 17.2 Å². The van der Waals surface area contributed by atoms with E-state index in [1.165, 1.54) is 0 Å². The van der Waals surface area contributed by atoms with Crippen LogP contribution in [0.1, 0.15) is 28.9 Å². The molecule has 7 heteroatoms. The summed E-state index contributed by atoms with van der Waals surface area (Å²) >= 11 is 0. The van der Waals surface area contributed by atoms with Crippen LogP contribution in [0, 0.1) is 13.8 Å². The number of methoxy groups -OCH3 is 3. The van der Waals surface area contributed by atoms with E-state index in [0.29, 0.717) is 36.8 Å². The minimum absolute atomic E-state index is 0.0276. The second kappa shape index (κ2) is 10.5. The summed E-state index contributed by atoms with van der Waals surface area (Å²) in [5, 5.41) is 4.66. The molecule has 2 heterocycles. The number of amides is 1. The van der Waals surface area contributed by atoms with Gasteiger partial charge in [-0.25, -0.2) is 4.68 Å². The zero-order valence-electron chi connectivity index (χ0n) is 20.9. The summed E-state index contributed by atoms with van der Waals surface area (Å²) in [5.41, 5.74) is 5.83. The highest BCUT2D eigenvalue weighted by Gasteiger charge is 2.22. The third kappa shape index (κ3) is 4.94. The molecule has 0 atom stereocenters. The molecule has 0 unspecified atom stereocenters. The quantitative estimate of drug-likeness (QED) is 0.459. The van der Waals surface area contributed by atoms with Gasteiger partial charge in [-0.2, -0.15) is 5.10 Å². The Morgan fingerprint density at radius 2 is 1.69 bits per heavy atom. The van der Waals surface area contributed by atoms with E-state index in [4.69, 9.17) is 14.2 Å². The Balaban J connectivity index is 1.51. The average Bonchev–Trinajstić information content (AvgIpc) is 3.19. The van der Waals surface area contributed by atoms with Crippen LogP contribution in [0.2, 0.25) is 0 Å². The van der Waals surface area contributed by atoms with Gasteiger partial charge in [-0.3, -0.25) is 4.79 Å². The molecule has 1 aromatic heterocycles. The first kappa shape index (κ1) is 24.1. The van der Waals surface area contributed by atoms with E-state index < -0.39 is 0 Å². The van der Waals surface area contributed by atoms with E-state index in [2.05, 4.69) is 11.2 Å². The highest BCUT2D eigenvalue weighted by molar-refractivity contribution is 5.93. The summed E-state index contributed by atoms with van der Waals surface area (Å²) in [6.07, 6.45) is 6.27. The smallest absolute Gasteiger partial charge is 0.246 e. The van der Waals surface area contributed by atoms with Crippen LogP contribution in [-0.2, 0) is 4.79 Å². The fraction of sp³-hybridized carbons (Fsp3) is 0.286. The first-order valence-electron chi connectivity index (χ1n) is 11.5. The third-order valence-electron chi connectivity index (χ3n) is 6.30. The van der Waals surface area contributed by atoms with Crippen molar-refractivity contribution in [3.8, 4) is 22.9 Å². The number of rotatable bonds is 7. The monoisotopic (exact) mass is 473 g/mol. The summed E-state index contributed by atoms with van der Waals surface area (Å²) < 4.78 is 18.5. The Morgan fingerprint density at radius 3 is 2.26 bits per heavy atom. The topological polar surface area (TPSA) is 65.8 Å². The number of para-hydroxylation sites is 1. The van der Waals surface area contributed by atoms with Crippen LogP contribution in [0.4, 0.5) is 0 Å². The summed E-state index contributed by atoms with van der Waals surface area (Å²) in [7, 11) is 4.87. The lowest BCUT2D eigenvalue weighted by atomic mass is 9.97. The van der Waals surface area contributed by atoms with Crippen molar-refractivity contribution in [3.63, 3.8) is 0 Å². The first-order valence-corrected chi connectivity index (χ1v) is 11.5. The second-order valence-corrected chi connectivity index (χ2v) is 8.34. The predicted molar refractivity (Wildman–Crippen MR) is 137 cm³/mol. The molecular weight excluding hydrogens is 442 g/mol. The second-order valence-electron chi connectivity index (χ2n) is 8.34. The number of benzene rings is 2. The van der Waals surface area contributed by atoms with Crippen LogP contribution in [0.15, 0.2) is 54.6 Å². The maximum Gasteiger partial charge on any atom is 0.246 e. The minimum atomic E-state index is -0.0276. The fourth-order valence-corrected chi connectivity index (χ4v) is 4.40. The molecule has 2 aromatic carbocycles. The summed E-state index contributed by atoms with van der Waals surface area (Å²) in [6.45, 7) is 5.09. The maximum atomic E-state index is 13.0. The Bertz CT molecular complexity index is 1250. The van der Waals surface area contributed by atoms with E-state index in [1.807, 2.05) is 72.0 Å². The minimum Gasteiger partial charge on any atom is -0.496 e. The highest BCUT2D eigenvalue weighted by Crippen LogP contribution is 2.40. The van der Waals surface area contributed by atoms with E-state index in [-0.39, 0.29) is 5.91 Å². The normalized spacial score (nSPS) is 13.6. The third-order valence-corrected chi connectivity index (χ3v) is 6.30. The summed E-state index contributed by atoms with van der Waals surface area (Å²) in [5.74, 6) is 2.02. The van der Waals surface area contributed by atoms with Crippen LogP contribution in [-0.4, -0.2) is 55.0 Å². The van der Waals surface area contributed by atoms with Crippen molar-refractivity contribution in [2.24, 2.45) is 0 Å². The first-order chi connectivity index (χ1) is 17.0. The van der Waals surface area contributed by atoms with Gasteiger partial charge in [-0.05, 0) is 44.1 Å². The molecule has 35 heavy (non-hydrogen) atoms. The maximum absolute atomic E-state index is 13.0. The molecule has 3 aromatic rings. The summed E-state index contributed by atoms with van der Waals surface area (Å²) in [4.78, 5) is 14.8. The van der Waals surface area contributed by atoms with Crippen molar-refractivity contribution in [1.82, 2.24) is 14.7 Å². The number of aromatic nitrogens is 2. The van der Waals surface area contributed by atoms with Crippen molar-refractivity contribution in [2.45, 2.75) is 20.3 Å². The molecule has 0 N–H and O–H groups in total. The standard InChI is InChI=1S/C28H31N3O4/c1-19-24(20(2)31(29-19)22-9-7-6-8-10-22)11-12-27(32)30-15-13-21(14-16-30)28-25(34-4)17-23(33-3)18-26(28)35-5/h6-13,17-18H,14-16H2,1-5H3/b12-11+. The van der Waals surface area contributed by atoms with E-state index in [0.717, 1.165) is 33.8 Å². The Kier molecular flexibility index (Phi) is 7.25. The van der Waals surface area contributed by atoms with Gasteiger partial charge in [0.15, 0.2) is 0 Å². The SMILES string of the molecule is COc1cc(OC)c(C2=CCN(C(=O)/C=C/c3c(C)nn(-c4ccccc4)c3C)CC2)c(OC)c1. The molecule has 1 amide bonds. The molecule has 0 spiro atoms. The van der Waals surface area contributed by atoms with E-state index in [9.17, 15) is 4.79 Å². The highest BCUT2D eigenvalue weighted by atomic mass is 16.5. The van der Waals surface area contributed by atoms with Gasteiger partial charge in [-0.15, -0.1) is 0 Å². The summed E-state index contributed by atoms with van der Waals surface area (Å²) in [6, 6.07) is 13.7. The zero-order chi connectivity index (χ0) is 24.9. The molecule has 1 aliphatic rings.